The fraction of sp³-hybridized carbons (Fsp3) is 0.250. The van der Waals surface area contributed by atoms with E-state index >= 15 is 0 Å². The second-order valence-electron chi connectivity index (χ2n) is 9.21. The zero-order chi connectivity index (χ0) is 28.4. The summed E-state index contributed by atoms with van der Waals surface area (Å²) in [6, 6.07) is 14.5. The zero-order valence-electron chi connectivity index (χ0n) is 21.4. The first-order valence-electron chi connectivity index (χ1n) is 12.4. The van der Waals surface area contributed by atoms with Crippen LogP contribution in [0.25, 0.3) is 11.2 Å². The molecule has 2 amide bonds. The highest BCUT2D eigenvalue weighted by Crippen LogP contribution is 2.29. The number of nitrogens with zero attached hydrogens (tertiary/aromatic N) is 5. The molecule has 206 valence electrons. The van der Waals surface area contributed by atoms with E-state index in [0.29, 0.717) is 16.9 Å². The molecule has 40 heavy (non-hydrogen) atoms. The third kappa shape index (κ3) is 5.37. The van der Waals surface area contributed by atoms with Gasteiger partial charge in [-0.15, -0.1) is 0 Å². The molecule has 0 bridgehead atoms. The molecular formula is C28H24F3N5O4. The van der Waals surface area contributed by atoms with Crippen LogP contribution in [0.1, 0.15) is 32.0 Å². The summed E-state index contributed by atoms with van der Waals surface area (Å²) in [5.74, 6) is -0.334. The first kappa shape index (κ1) is 26.9. The molecule has 9 nitrogen and oxygen atoms in total. The van der Waals surface area contributed by atoms with Gasteiger partial charge in [0.1, 0.15) is 11.3 Å². The molecule has 2 aromatic heterocycles. The van der Waals surface area contributed by atoms with E-state index in [9.17, 15) is 27.6 Å². The van der Waals surface area contributed by atoms with Crippen LogP contribution < -0.4 is 10.3 Å². The molecule has 0 atom stereocenters. The second-order valence-corrected chi connectivity index (χ2v) is 9.21. The number of fused-ring (bicyclic) bond motifs is 1. The lowest BCUT2D eigenvalue weighted by molar-refractivity contribution is -0.137. The van der Waals surface area contributed by atoms with E-state index in [-0.39, 0.29) is 44.0 Å². The Morgan fingerprint density at radius 1 is 0.900 bits per heavy atom. The standard InChI is InChI=1S/C28H24F3N5O4/c1-40-21-10-4-18(5-11-21)17-36-24-22(3-2-12-32-24)33-23(27(36)39)26(38)35-15-13-34(14-16-35)25(37)19-6-8-20(9-7-19)28(29,30)31/h2-12H,13-17H2,1H3. The van der Waals surface area contributed by atoms with Crippen molar-refractivity contribution in [3.05, 3.63) is 99.6 Å². The average molecular weight is 552 g/mol. The fourth-order valence-electron chi connectivity index (χ4n) is 4.52. The molecule has 0 spiro atoms. The maximum Gasteiger partial charge on any atom is 0.416 e. The number of carbonyl (C=O) groups excluding carboxylic acids is 2. The van der Waals surface area contributed by atoms with E-state index in [4.69, 9.17) is 4.74 Å². The van der Waals surface area contributed by atoms with Crippen LogP contribution in [0, 0.1) is 0 Å². The van der Waals surface area contributed by atoms with Gasteiger partial charge >= 0.3 is 6.18 Å². The van der Waals surface area contributed by atoms with Crippen LogP contribution in [0.15, 0.2) is 71.7 Å². The number of halogens is 3. The van der Waals surface area contributed by atoms with Crippen LogP contribution in [-0.2, 0) is 12.7 Å². The van der Waals surface area contributed by atoms with Gasteiger partial charge in [0.25, 0.3) is 17.4 Å². The number of alkyl halides is 3. The van der Waals surface area contributed by atoms with Crippen LogP contribution in [0.5, 0.6) is 5.75 Å². The van der Waals surface area contributed by atoms with Gasteiger partial charge in [-0.3, -0.25) is 19.0 Å². The number of aromatic nitrogens is 3. The van der Waals surface area contributed by atoms with Gasteiger partial charge in [0.15, 0.2) is 11.3 Å². The molecule has 3 heterocycles. The molecule has 0 N–H and O–H groups in total. The Labute approximate surface area is 226 Å². The number of carbonyl (C=O) groups is 2. The lowest BCUT2D eigenvalue weighted by atomic mass is 10.1. The molecule has 1 saturated heterocycles. The Morgan fingerprint density at radius 3 is 2.12 bits per heavy atom. The van der Waals surface area contributed by atoms with Crippen molar-refractivity contribution in [2.45, 2.75) is 12.7 Å². The minimum absolute atomic E-state index is 0.123. The van der Waals surface area contributed by atoms with Gasteiger partial charge in [-0.25, -0.2) is 9.97 Å². The molecule has 2 aromatic carbocycles. The maximum absolute atomic E-state index is 13.5. The smallest absolute Gasteiger partial charge is 0.416 e. The van der Waals surface area contributed by atoms with Gasteiger partial charge in [-0.05, 0) is 54.1 Å². The van der Waals surface area contributed by atoms with E-state index in [2.05, 4.69) is 9.97 Å². The predicted molar refractivity (Wildman–Crippen MR) is 139 cm³/mol. The number of rotatable bonds is 5. The Bertz CT molecular complexity index is 1610. The van der Waals surface area contributed by atoms with E-state index in [1.54, 1.807) is 37.6 Å². The Hall–Kier alpha value is -4.74. The topological polar surface area (TPSA) is 97.6 Å². The normalized spacial score (nSPS) is 13.9. The number of methoxy groups -OCH3 is 1. The Kier molecular flexibility index (Phi) is 7.24. The maximum atomic E-state index is 13.5. The summed E-state index contributed by atoms with van der Waals surface area (Å²) in [6.07, 6.45) is -2.95. The van der Waals surface area contributed by atoms with Crippen LogP contribution in [0.2, 0.25) is 0 Å². The van der Waals surface area contributed by atoms with Crippen molar-refractivity contribution >= 4 is 23.0 Å². The molecule has 0 aliphatic carbocycles. The molecule has 1 aliphatic heterocycles. The summed E-state index contributed by atoms with van der Waals surface area (Å²) >= 11 is 0. The first-order valence-corrected chi connectivity index (χ1v) is 12.4. The third-order valence-electron chi connectivity index (χ3n) is 6.72. The number of benzene rings is 2. The highest BCUT2D eigenvalue weighted by molar-refractivity contribution is 5.95. The second kappa shape index (κ2) is 10.8. The fourth-order valence-corrected chi connectivity index (χ4v) is 4.52. The number of amides is 2. The molecule has 0 radical (unpaired) electrons. The van der Waals surface area contributed by atoms with Crippen LogP contribution >= 0.6 is 0 Å². The molecule has 1 aliphatic rings. The zero-order valence-corrected chi connectivity index (χ0v) is 21.4. The third-order valence-corrected chi connectivity index (χ3v) is 6.72. The predicted octanol–water partition coefficient (Wildman–Crippen LogP) is 3.47. The quantitative estimate of drug-likeness (QED) is 0.377. The van der Waals surface area contributed by atoms with Gasteiger partial charge in [0, 0.05) is 37.9 Å². The van der Waals surface area contributed by atoms with Crippen molar-refractivity contribution in [1.29, 1.82) is 0 Å². The molecular weight excluding hydrogens is 527 g/mol. The van der Waals surface area contributed by atoms with Gasteiger partial charge in [0.05, 0.1) is 19.2 Å². The molecule has 1 fully saturated rings. The largest absolute Gasteiger partial charge is 0.497 e. The minimum Gasteiger partial charge on any atom is -0.497 e. The van der Waals surface area contributed by atoms with Crippen LogP contribution in [-0.4, -0.2) is 69.4 Å². The molecule has 5 rings (SSSR count). The Balaban J connectivity index is 1.34. The molecule has 12 heteroatoms. The van der Waals surface area contributed by atoms with Crippen molar-refractivity contribution in [2.75, 3.05) is 33.3 Å². The summed E-state index contributed by atoms with van der Waals surface area (Å²) < 4.78 is 45.1. The van der Waals surface area contributed by atoms with Crippen molar-refractivity contribution in [1.82, 2.24) is 24.3 Å². The van der Waals surface area contributed by atoms with Crippen molar-refractivity contribution < 1.29 is 27.5 Å². The monoisotopic (exact) mass is 551 g/mol. The summed E-state index contributed by atoms with van der Waals surface area (Å²) in [6.45, 7) is 0.738. The highest BCUT2D eigenvalue weighted by atomic mass is 19.4. The van der Waals surface area contributed by atoms with Crippen molar-refractivity contribution in [2.24, 2.45) is 0 Å². The van der Waals surface area contributed by atoms with Crippen molar-refractivity contribution in [3.63, 3.8) is 0 Å². The molecule has 0 unspecified atom stereocenters. The van der Waals surface area contributed by atoms with Crippen LogP contribution in [0.4, 0.5) is 13.2 Å². The van der Waals surface area contributed by atoms with Gasteiger partial charge in [-0.1, -0.05) is 12.1 Å². The van der Waals surface area contributed by atoms with E-state index < -0.39 is 29.1 Å². The van der Waals surface area contributed by atoms with Gasteiger partial charge < -0.3 is 14.5 Å². The lowest BCUT2D eigenvalue weighted by Gasteiger charge is -2.34. The summed E-state index contributed by atoms with van der Waals surface area (Å²) in [4.78, 5) is 51.3. The lowest BCUT2D eigenvalue weighted by Crippen LogP contribution is -2.51. The SMILES string of the molecule is COc1ccc(Cn2c(=O)c(C(=O)N3CCN(C(=O)c4ccc(C(F)(F)F)cc4)CC3)nc3cccnc32)cc1. The average Bonchev–Trinajstić information content (AvgIpc) is 2.98. The Morgan fingerprint density at radius 2 is 1.52 bits per heavy atom. The van der Waals surface area contributed by atoms with E-state index in [0.717, 1.165) is 29.8 Å². The van der Waals surface area contributed by atoms with E-state index in [1.807, 2.05) is 12.1 Å². The molecule has 4 aromatic rings. The number of ether oxygens (including phenoxy) is 1. The number of hydrogen-bond acceptors (Lipinski definition) is 6. The van der Waals surface area contributed by atoms with Crippen LogP contribution in [0.3, 0.4) is 0 Å². The number of piperazine rings is 1. The van der Waals surface area contributed by atoms with Gasteiger partial charge in [-0.2, -0.15) is 13.2 Å². The minimum atomic E-state index is -4.49. The summed E-state index contributed by atoms with van der Waals surface area (Å²) in [7, 11) is 1.56. The van der Waals surface area contributed by atoms with Crippen molar-refractivity contribution in [3.8, 4) is 5.75 Å². The highest BCUT2D eigenvalue weighted by Gasteiger charge is 2.32. The van der Waals surface area contributed by atoms with E-state index in [1.165, 1.54) is 14.4 Å². The van der Waals surface area contributed by atoms with Gasteiger partial charge in [0.2, 0.25) is 0 Å². The summed E-state index contributed by atoms with van der Waals surface area (Å²) in [5.41, 5.74) is -0.0309. The number of hydrogen-bond donors (Lipinski definition) is 0. The number of pyridine rings is 1. The first-order chi connectivity index (χ1) is 19.2. The molecule has 0 saturated carbocycles. The summed E-state index contributed by atoms with van der Waals surface area (Å²) in [5, 5.41) is 0.